The molecule has 0 aliphatic carbocycles. The first kappa shape index (κ1) is 15.7. The zero-order valence-electron chi connectivity index (χ0n) is 12.8. The largest absolute Gasteiger partial charge is 0.337 e. The smallest absolute Gasteiger partial charge is 0.243 e. The van der Waals surface area contributed by atoms with Crippen molar-refractivity contribution in [3.05, 3.63) is 0 Å². The number of likely N-dealkylation sites (N-methyl/N-ethyl adjacent to an activating group) is 1. The van der Waals surface area contributed by atoms with Crippen LogP contribution in [0.3, 0.4) is 0 Å². The summed E-state index contributed by atoms with van der Waals surface area (Å²) in [5, 5.41) is 0. The van der Waals surface area contributed by atoms with Crippen molar-refractivity contribution in [2.45, 2.75) is 38.3 Å². The summed E-state index contributed by atoms with van der Waals surface area (Å²) < 4.78 is 24.7. The minimum Gasteiger partial charge on any atom is -0.337 e. The Morgan fingerprint density at radius 2 is 1.65 bits per heavy atom. The molecule has 0 saturated carbocycles. The van der Waals surface area contributed by atoms with Crippen molar-refractivity contribution in [1.82, 2.24) is 14.1 Å². The summed E-state index contributed by atoms with van der Waals surface area (Å²) in [6.45, 7) is 6.53. The van der Waals surface area contributed by atoms with E-state index in [4.69, 9.17) is 0 Å². The van der Waals surface area contributed by atoms with Crippen molar-refractivity contribution in [3.8, 4) is 0 Å². The maximum atomic E-state index is 12.8. The molecule has 0 radical (unpaired) electrons. The SMILES string of the molecule is CC(C)N1CCN(C)C2(CCN(S(C)(=O)=O)CC2)C1=O. The highest BCUT2D eigenvalue weighted by Gasteiger charge is 2.50. The molecule has 20 heavy (non-hydrogen) atoms. The average molecular weight is 303 g/mol. The van der Waals surface area contributed by atoms with Crippen LogP contribution in [0.2, 0.25) is 0 Å². The molecule has 116 valence electrons. The molecule has 6 nitrogen and oxygen atoms in total. The molecule has 0 aromatic heterocycles. The van der Waals surface area contributed by atoms with Crippen LogP contribution in [-0.2, 0) is 14.8 Å². The van der Waals surface area contributed by atoms with Gasteiger partial charge in [-0.2, -0.15) is 0 Å². The van der Waals surface area contributed by atoms with E-state index in [0.717, 1.165) is 13.1 Å². The first-order valence-corrected chi connectivity index (χ1v) is 9.01. The highest BCUT2D eigenvalue weighted by Crippen LogP contribution is 2.34. The minimum absolute atomic E-state index is 0.161. The van der Waals surface area contributed by atoms with Crippen molar-refractivity contribution in [2.75, 3.05) is 39.5 Å². The Morgan fingerprint density at radius 3 is 2.10 bits per heavy atom. The number of piperazine rings is 1. The molecule has 2 saturated heterocycles. The first-order chi connectivity index (χ1) is 9.18. The van der Waals surface area contributed by atoms with Gasteiger partial charge in [0.1, 0.15) is 5.54 Å². The summed E-state index contributed by atoms with van der Waals surface area (Å²) in [6.07, 6.45) is 2.40. The van der Waals surface area contributed by atoms with Gasteiger partial charge >= 0.3 is 0 Å². The summed E-state index contributed by atoms with van der Waals surface area (Å²) in [6, 6.07) is 0.195. The molecule has 2 fully saturated rings. The van der Waals surface area contributed by atoms with Crippen LogP contribution in [0.25, 0.3) is 0 Å². The van der Waals surface area contributed by atoms with Gasteiger partial charge in [0.25, 0.3) is 0 Å². The van der Waals surface area contributed by atoms with Crippen molar-refractivity contribution in [2.24, 2.45) is 0 Å². The Bertz CT molecular complexity index is 481. The third kappa shape index (κ3) is 2.58. The van der Waals surface area contributed by atoms with E-state index < -0.39 is 15.6 Å². The van der Waals surface area contributed by atoms with Crippen LogP contribution in [0.1, 0.15) is 26.7 Å². The molecule has 1 spiro atoms. The highest BCUT2D eigenvalue weighted by molar-refractivity contribution is 7.88. The highest BCUT2D eigenvalue weighted by atomic mass is 32.2. The zero-order valence-corrected chi connectivity index (χ0v) is 13.6. The maximum absolute atomic E-state index is 12.8. The van der Waals surface area contributed by atoms with E-state index in [1.807, 2.05) is 25.8 Å². The standard InChI is InChI=1S/C13H25N3O3S/c1-11(2)16-10-9-14(3)13(12(16)17)5-7-15(8-6-13)20(4,18)19/h11H,5-10H2,1-4H3. The minimum atomic E-state index is -3.16. The van der Waals surface area contributed by atoms with Crippen molar-refractivity contribution in [1.29, 1.82) is 0 Å². The van der Waals surface area contributed by atoms with E-state index >= 15 is 0 Å². The number of nitrogens with zero attached hydrogens (tertiary/aromatic N) is 3. The summed E-state index contributed by atoms with van der Waals surface area (Å²) in [5.41, 5.74) is -0.510. The molecule has 0 bridgehead atoms. The molecule has 0 aromatic carbocycles. The number of carbonyl (C=O) groups is 1. The number of hydrogen-bond acceptors (Lipinski definition) is 4. The summed E-state index contributed by atoms with van der Waals surface area (Å²) in [5.74, 6) is 0.161. The van der Waals surface area contributed by atoms with Gasteiger partial charge in [-0.3, -0.25) is 9.69 Å². The van der Waals surface area contributed by atoms with Gasteiger partial charge in [-0.1, -0.05) is 0 Å². The lowest BCUT2D eigenvalue weighted by Crippen LogP contribution is -2.68. The predicted molar refractivity (Wildman–Crippen MR) is 77.9 cm³/mol. The van der Waals surface area contributed by atoms with Gasteiger partial charge < -0.3 is 4.90 Å². The Labute approximate surface area is 121 Å². The van der Waals surface area contributed by atoms with Crippen LogP contribution in [0.4, 0.5) is 0 Å². The molecule has 2 heterocycles. The van der Waals surface area contributed by atoms with Crippen LogP contribution in [-0.4, -0.2) is 79.5 Å². The van der Waals surface area contributed by atoms with Gasteiger partial charge in [0.05, 0.1) is 6.26 Å². The van der Waals surface area contributed by atoms with Gasteiger partial charge in [0, 0.05) is 32.2 Å². The fourth-order valence-electron chi connectivity index (χ4n) is 3.28. The fourth-order valence-corrected chi connectivity index (χ4v) is 4.13. The Hall–Kier alpha value is -0.660. The molecule has 0 aromatic rings. The number of hydrogen-bond donors (Lipinski definition) is 0. The quantitative estimate of drug-likeness (QED) is 0.718. The van der Waals surface area contributed by atoms with Crippen molar-refractivity contribution < 1.29 is 13.2 Å². The molecule has 0 N–H and O–H groups in total. The Balaban J connectivity index is 2.19. The molecule has 0 unspecified atom stereocenters. The van der Waals surface area contributed by atoms with Gasteiger partial charge in [-0.15, -0.1) is 0 Å². The second kappa shape index (κ2) is 5.27. The van der Waals surface area contributed by atoms with E-state index in [9.17, 15) is 13.2 Å². The van der Waals surface area contributed by atoms with Crippen LogP contribution in [0, 0.1) is 0 Å². The van der Waals surface area contributed by atoms with Crippen LogP contribution < -0.4 is 0 Å². The van der Waals surface area contributed by atoms with E-state index in [1.54, 1.807) is 0 Å². The predicted octanol–water partition coefficient (Wildman–Crippen LogP) is -0.0370. The Morgan fingerprint density at radius 1 is 1.10 bits per heavy atom. The van der Waals surface area contributed by atoms with Crippen LogP contribution >= 0.6 is 0 Å². The fraction of sp³-hybridized carbons (Fsp3) is 0.923. The first-order valence-electron chi connectivity index (χ1n) is 7.16. The maximum Gasteiger partial charge on any atom is 0.243 e. The lowest BCUT2D eigenvalue weighted by atomic mass is 9.83. The molecular weight excluding hydrogens is 278 g/mol. The molecule has 7 heteroatoms. The van der Waals surface area contributed by atoms with Gasteiger partial charge in [-0.05, 0) is 33.7 Å². The number of rotatable bonds is 2. The monoisotopic (exact) mass is 303 g/mol. The van der Waals surface area contributed by atoms with Crippen LogP contribution in [0.5, 0.6) is 0 Å². The number of piperidine rings is 1. The summed E-state index contributed by atoms with van der Waals surface area (Å²) in [4.78, 5) is 16.9. The van der Waals surface area contributed by atoms with Crippen LogP contribution in [0.15, 0.2) is 0 Å². The van der Waals surface area contributed by atoms with Gasteiger partial charge in [-0.25, -0.2) is 12.7 Å². The molecule has 1 amide bonds. The summed E-state index contributed by atoms with van der Waals surface area (Å²) in [7, 11) is -1.18. The normalized spacial score (nSPS) is 25.6. The molecule has 0 atom stereocenters. The number of sulfonamides is 1. The zero-order chi connectivity index (χ0) is 15.1. The van der Waals surface area contributed by atoms with Gasteiger partial charge in [0.2, 0.25) is 15.9 Å². The second-order valence-electron chi connectivity index (χ2n) is 6.21. The van der Waals surface area contributed by atoms with Crippen molar-refractivity contribution in [3.63, 3.8) is 0 Å². The average Bonchev–Trinajstić information content (AvgIpc) is 2.35. The van der Waals surface area contributed by atoms with E-state index in [0.29, 0.717) is 25.9 Å². The van der Waals surface area contributed by atoms with Gasteiger partial charge in [0.15, 0.2) is 0 Å². The van der Waals surface area contributed by atoms with E-state index in [2.05, 4.69) is 4.90 Å². The van der Waals surface area contributed by atoms with E-state index in [-0.39, 0.29) is 11.9 Å². The molecule has 2 aliphatic heterocycles. The van der Waals surface area contributed by atoms with E-state index in [1.165, 1.54) is 10.6 Å². The Kier molecular flexibility index (Phi) is 4.15. The topological polar surface area (TPSA) is 60.9 Å². The molecule has 2 aliphatic rings. The number of amides is 1. The lowest BCUT2D eigenvalue weighted by molar-refractivity contribution is -0.155. The third-order valence-electron chi connectivity index (χ3n) is 4.71. The summed E-state index contributed by atoms with van der Waals surface area (Å²) >= 11 is 0. The lowest BCUT2D eigenvalue weighted by Gasteiger charge is -2.52. The molecular formula is C13H25N3O3S. The molecule has 2 rings (SSSR count). The van der Waals surface area contributed by atoms with Crippen molar-refractivity contribution >= 4 is 15.9 Å². The third-order valence-corrected chi connectivity index (χ3v) is 6.01. The second-order valence-corrected chi connectivity index (χ2v) is 8.19. The number of carbonyl (C=O) groups excluding carboxylic acids is 1.